The monoisotopic (exact) mass is 731 g/mol. The summed E-state index contributed by atoms with van der Waals surface area (Å²) in [6.07, 6.45) is 36.3. The molecule has 0 fully saturated rings. The van der Waals surface area contributed by atoms with Crippen LogP contribution in [0.4, 0.5) is 0 Å². The summed E-state index contributed by atoms with van der Waals surface area (Å²) in [5, 5.41) is 3.11. The first-order valence-corrected chi connectivity index (χ1v) is 26.8. The van der Waals surface area contributed by atoms with Gasteiger partial charge in [-0.05, 0) is 45.7 Å². The van der Waals surface area contributed by atoms with Gasteiger partial charge in [0.15, 0.2) is 0 Å². The van der Waals surface area contributed by atoms with E-state index in [2.05, 4.69) is 89.4 Å². The summed E-state index contributed by atoms with van der Waals surface area (Å²) in [5.41, 5.74) is 2.45. The van der Waals surface area contributed by atoms with Gasteiger partial charge in [-0.1, -0.05) is 256 Å². The first kappa shape index (κ1) is 45.5. The summed E-state index contributed by atoms with van der Waals surface area (Å²) < 4.78 is 8.48. The van der Waals surface area contributed by atoms with Gasteiger partial charge in [-0.25, -0.2) is 0 Å². The van der Waals surface area contributed by atoms with Crippen LogP contribution < -0.4 is 10.4 Å². The normalized spacial score (nSPS) is 12.0. The van der Waals surface area contributed by atoms with Crippen LogP contribution in [0.25, 0.3) is 12.2 Å². The third-order valence-corrected chi connectivity index (χ3v) is 22.0. The zero-order chi connectivity index (χ0) is 36.9. The van der Waals surface area contributed by atoms with Crippen molar-refractivity contribution in [3.8, 4) is 0 Å². The van der Waals surface area contributed by atoms with E-state index in [-0.39, 0.29) is 0 Å². The highest BCUT2D eigenvalue weighted by Gasteiger charge is 2.46. The molecule has 0 aliphatic rings. The average molecular weight is 731 g/mol. The fourth-order valence-corrected chi connectivity index (χ4v) is 20.2. The molecule has 1 nitrogen and oxygen atoms in total. The SMILES string of the molecule is C=Cc1ccc([Si](CCCCCCCC)(CCCCCCCC)O[Si](CCCCCCCC)(CCCCCCCC)c2ccc(C=C)cc2)cc1. The smallest absolute Gasteiger partial charge is 0.212 e. The predicted octanol–water partition coefficient (Wildman–Crippen LogP) is 15.4. The molecule has 0 aromatic heterocycles. The molecule has 0 saturated carbocycles. The molecule has 0 heterocycles. The van der Waals surface area contributed by atoms with Gasteiger partial charge in [0.2, 0.25) is 16.6 Å². The molecule has 0 radical (unpaired) electrons. The molecule has 0 amide bonds. The maximum Gasteiger partial charge on any atom is 0.212 e. The number of unbranched alkanes of at least 4 members (excludes halogenated alkanes) is 20. The molecule has 0 saturated heterocycles. The fraction of sp³-hybridized carbons (Fsp3) is 0.667. The lowest BCUT2D eigenvalue weighted by Crippen LogP contribution is -2.63. The van der Waals surface area contributed by atoms with Crippen molar-refractivity contribution >= 4 is 39.2 Å². The van der Waals surface area contributed by atoms with E-state index in [4.69, 9.17) is 4.12 Å². The molecular weight excluding hydrogens is 649 g/mol. The molecule has 2 aromatic rings. The van der Waals surface area contributed by atoms with E-state index in [0.29, 0.717) is 0 Å². The van der Waals surface area contributed by atoms with Gasteiger partial charge in [0.25, 0.3) is 0 Å². The van der Waals surface area contributed by atoms with Crippen LogP contribution in [-0.2, 0) is 4.12 Å². The third kappa shape index (κ3) is 17.8. The quantitative estimate of drug-likeness (QED) is 0.0515. The maximum atomic E-state index is 8.48. The number of hydrogen-bond acceptors (Lipinski definition) is 1. The highest BCUT2D eigenvalue weighted by atomic mass is 28.4. The van der Waals surface area contributed by atoms with Gasteiger partial charge in [0, 0.05) is 0 Å². The molecule has 0 unspecified atom stereocenters. The van der Waals surface area contributed by atoms with Crippen LogP contribution in [-0.4, -0.2) is 16.6 Å². The fourth-order valence-electron chi connectivity index (χ4n) is 8.13. The zero-order valence-electron chi connectivity index (χ0n) is 34.4. The van der Waals surface area contributed by atoms with Crippen LogP contribution in [0.3, 0.4) is 0 Å². The maximum absolute atomic E-state index is 8.48. The van der Waals surface area contributed by atoms with Gasteiger partial charge in [0.1, 0.15) is 0 Å². The van der Waals surface area contributed by atoms with Gasteiger partial charge in [-0.2, -0.15) is 0 Å². The summed E-state index contributed by atoms with van der Waals surface area (Å²) >= 11 is 0. The van der Waals surface area contributed by atoms with Crippen molar-refractivity contribution < 1.29 is 4.12 Å². The predicted molar refractivity (Wildman–Crippen MR) is 238 cm³/mol. The Morgan fingerprint density at radius 3 is 0.843 bits per heavy atom. The molecule has 51 heavy (non-hydrogen) atoms. The average Bonchev–Trinajstić information content (AvgIpc) is 3.17. The minimum Gasteiger partial charge on any atom is -0.448 e. The number of hydrogen-bond donors (Lipinski definition) is 0. The van der Waals surface area contributed by atoms with Crippen molar-refractivity contribution in [3.63, 3.8) is 0 Å². The Hall–Kier alpha value is -1.69. The molecule has 3 heteroatoms. The minimum atomic E-state index is -2.34. The van der Waals surface area contributed by atoms with Crippen molar-refractivity contribution in [3.05, 3.63) is 72.8 Å². The molecular formula is C48H82OSi2. The summed E-state index contributed by atoms with van der Waals surface area (Å²) in [7, 11) is -4.68. The molecule has 0 aliphatic carbocycles. The van der Waals surface area contributed by atoms with Crippen molar-refractivity contribution in [2.45, 2.75) is 206 Å². The van der Waals surface area contributed by atoms with Crippen LogP contribution in [0.15, 0.2) is 61.7 Å². The van der Waals surface area contributed by atoms with Crippen LogP contribution >= 0.6 is 0 Å². The van der Waals surface area contributed by atoms with Gasteiger partial charge >= 0.3 is 0 Å². The van der Waals surface area contributed by atoms with E-state index >= 15 is 0 Å². The van der Waals surface area contributed by atoms with Crippen molar-refractivity contribution in [1.82, 2.24) is 0 Å². The molecule has 2 aromatic carbocycles. The second kappa shape index (κ2) is 28.8. The van der Waals surface area contributed by atoms with E-state index < -0.39 is 16.6 Å². The molecule has 0 spiro atoms. The van der Waals surface area contributed by atoms with E-state index in [1.165, 1.54) is 189 Å². The largest absolute Gasteiger partial charge is 0.448 e. The molecule has 0 atom stereocenters. The summed E-state index contributed by atoms with van der Waals surface area (Å²) in [6.45, 7) is 17.5. The van der Waals surface area contributed by atoms with Gasteiger partial charge in [0.05, 0.1) is 0 Å². The lowest BCUT2D eigenvalue weighted by molar-refractivity contribution is 0.501. The van der Waals surface area contributed by atoms with Crippen LogP contribution in [0.1, 0.15) is 193 Å². The highest BCUT2D eigenvalue weighted by molar-refractivity contribution is 6.99. The zero-order valence-corrected chi connectivity index (χ0v) is 36.4. The van der Waals surface area contributed by atoms with Gasteiger partial charge in [-0.3, -0.25) is 0 Å². The van der Waals surface area contributed by atoms with Crippen LogP contribution in [0.2, 0.25) is 24.2 Å². The molecule has 0 N–H and O–H groups in total. The molecule has 0 bridgehead atoms. The Morgan fingerprint density at radius 2 is 0.608 bits per heavy atom. The third-order valence-electron chi connectivity index (χ3n) is 11.5. The van der Waals surface area contributed by atoms with Crippen molar-refractivity contribution in [2.75, 3.05) is 0 Å². The van der Waals surface area contributed by atoms with Crippen molar-refractivity contribution in [2.24, 2.45) is 0 Å². The summed E-state index contributed by atoms with van der Waals surface area (Å²) in [4.78, 5) is 0. The Bertz CT molecular complexity index is 999. The second-order valence-corrected chi connectivity index (χ2v) is 23.8. The summed E-state index contributed by atoms with van der Waals surface area (Å²) in [5.74, 6) is 0. The lowest BCUT2D eigenvalue weighted by atomic mass is 10.1. The Balaban J connectivity index is 2.63. The Kier molecular flexibility index (Phi) is 25.7. The number of benzene rings is 2. The molecule has 0 aliphatic heterocycles. The van der Waals surface area contributed by atoms with E-state index in [9.17, 15) is 0 Å². The number of rotatable bonds is 34. The van der Waals surface area contributed by atoms with E-state index in [1.807, 2.05) is 12.2 Å². The van der Waals surface area contributed by atoms with Gasteiger partial charge in [-0.15, -0.1) is 0 Å². The Morgan fingerprint density at radius 1 is 0.373 bits per heavy atom. The van der Waals surface area contributed by atoms with Crippen molar-refractivity contribution in [1.29, 1.82) is 0 Å². The topological polar surface area (TPSA) is 9.23 Å². The second-order valence-electron chi connectivity index (χ2n) is 15.8. The Labute approximate surface area is 320 Å². The summed E-state index contributed by atoms with van der Waals surface area (Å²) in [6, 6.07) is 24.3. The highest BCUT2D eigenvalue weighted by Crippen LogP contribution is 2.35. The van der Waals surface area contributed by atoms with E-state index in [1.54, 1.807) is 10.4 Å². The molecule has 288 valence electrons. The lowest BCUT2D eigenvalue weighted by Gasteiger charge is -2.44. The van der Waals surface area contributed by atoms with Crippen LogP contribution in [0, 0.1) is 0 Å². The van der Waals surface area contributed by atoms with E-state index in [0.717, 1.165) is 0 Å². The first-order chi connectivity index (χ1) is 25.0. The molecule has 2 rings (SSSR count). The minimum absolute atomic E-state index is 1.23. The first-order valence-electron chi connectivity index (χ1n) is 22.2. The van der Waals surface area contributed by atoms with Crippen LogP contribution in [0.5, 0.6) is 0 Å². The van der Waals surface area contributed by atoms with Gasteiger partial charge < -0.3 is 4.12 Å². The standard InChI is InChI=1S/C48H82OSi2/c1-7-13-17-21-25-29-41-50(42-30-26-22-18-14-8-2,47-37-33-45(11-5)34-38-47)49-51(43-31-27-23-19-15-9-3,44-32-28-24-20-16-10-4)48-39-35-46(12-6)36-40-48/h11-12,33-40H,5-10,13-32,41-44H2,1-4H3.